The molecule has 0 saturated carbocycles. The fourth-order valence-electron chi connectivity index (χ4n) is 0.742. The van der Waals surface area contributed by atoms with Gasteiger partial charge in [-0.15, -0.1) is 0 Å². The molecule has 0 amide bonds. The van der Waals surface area contributed by atoms with E-state index < -0.39 is 8.07 Å². The average molecular weight is 166 g/mol. The minimum absolute atomic E-state index is 0. The summed E-state index contributed by atoms with van der Waals surface area (Å²) in [6, 6.07) is 0. The van der Waals surface area contributed by atoms with Crippen molar-refractivity contribution in [1.82, 2.24) is 0 Å². The summed E-state index contributed by atoms with van der Waals surface area (Å²) in [4.78, 5) is 0. The van der Waals surface area contributed by atoms with Crippen molar-refractivity contribution in [3.05, 3.63) is 6.92 Å². The normalized spacial score (nSPS) is 16.9. The van der Waals surface area contributed by atoms with Crippen LogP contribution >= 0.6 is 0 Å². The van der Waals surface area contributed by atoms with E-state index in [-0.39, 0.29) is 24.0 Å². The maximum absolute atomic E-state index is 6.13. The molecule has 1 atom stereocenters. The molecule has 0 spiro atoms. The monoisotopic (exact) mass is 166 g/mol. The summed E-state index contributed by atoms with van der Waals surface area (Å²) < 4.78 is 0. The Bertz CT molecular complexity index is 107. The molecule has 0 aliphatic heterocycles. The summed E-state index contributed by atoms with van der Waals surface area (Å²) >= 11 is 0. The number of rotatable bonds is 3. The van der Waals surface area contributed by atoms with Gasteiger partial charge in [0.05, 0.1) is 8.07 Å². The zero-order valence-electron chi connectivity index (χ0n) is 7.70. The van der Waals surface area contributed by atoms with E-state index >= 15 is 0 Å². The quantitative estimate of drug-likeness (QED) is 0.632. The van der Waals surface area contributed by atoms with E-state index in [0.29, 0.717) is 0 Å². The van der Waals surface area contributed by atoms with E-state index in [1.54, 1.807) is 0 Å². The van der Waals surface area contributed by atoms with Gasteiger partial charge in [-0.25, -0.2) is 0 Å². The first-order valence-corrected chi connectivity index (χ1v) is 7.39. The molecule has 0 aromatic rings. The molecule has 1 radical (unpaired) electrons. The second-order valence-electron chi connectivity index (χ2n) is 4.27. The van der Waals surface area contributed by atoms with Gasteiger partial charge in [0.15, 0.2) is 0 Å². The fourth-order valence-corrected chi connectivity index (χ4v) is 1.67. The molecule has 1 nitrogen and oxygen atoms in total. The Morgan fingerprint density at radius 3 is 1.82 bits per heavy atom. The molecule has 0 bridgehead atoms. The average Bonchev–Trinajstić information content (AvgIpc) is 1.61. The third-order valence-corrected chi connectivity index (χ3v) is 6.09. The van der Waals surface area contributed by atoms with Gasteiger partial charge in [0, 0.05) is 5.16 Å². The molecule has 0 aliphatic rings. The standard InChI is InChI=1S/C8H20NSi.Li.H/c1-6-7-8(2,9)10(3,4)5;;/h1,6-7,9H2,2-5H3;;. The minimum atomic E-state index is -1.17. The van der Waals surface area contributed by atoms with Crippen LogP contribution in [0.5, 0.6) is 0 Å². The van der Waals surface area contributed by atoms with Crippen molar-refractivity contribution in [2.75, 3.05) is 0 Å². The van der Waals surface area contributed by atoms with Crippen LogP contribution in [0.25, 0.3) is 0 Å². The van der Waals surface area contributed by atoms with Crippen LogP contribution in [0, 0.1) is 6.92 Å². The molecule has 11 heavy (non-hydrogen) atoms. The van der Waals surface area contributed by atoms with Crippen molar-refractivity contribution in [2.45, 2.75) is 44.6 Å². The molecule has 0 heterocycles. The summed E-state index contributed by atoms with van der Waals surface area (Å²) in [6.45, 7) is 12.9. The van der Waals surface area contributed by atoms with Gasteiger partial charge in [0.25, 0.3) is 0 Å². The zero-order chi connectivity index (χ0) is 8.41. The first-order chi connectivity index (χ1) is 4.31. The van der Waals surface area contributed by atoms with Crippen LogP contribution in [0.3, 0.4) is 0 Å². The van der Waals surface area contributed by atoms with E-state index in [9.17, 15) is 0 Å². The van der Waals surface area contributed by atoms with Crippen molar-refractivity contribution in [3.63, 3.8) is 0 Å². The van der Waals surface area contributed by atoms with Gasteiger partial charge in [-0.3, -0.25) is 0 Å². The van der Waals surface area contributed by atoms with Crippen LogP contribution in [0.2, 0.25) is 19.6 Å². The summed E-state index contributed by atoms with van der Waals surface area (Å²) in [5.74, 6) is 0. The van der Waals surface area contributed by atoms with Gasteiger partial charge in [-0.2, -0.15) is 0 Å². The van der Waals surface area contributed by atoms with Crippen molar-refractivity contribution >= 4 is 26.9 Å². The Hall–Kier alpha value is 0.774. The van der Waals surface area contributed by atoms with E-state index in [2.05, 4.69) is 33.5 Å². The number of hydrogen-bond acceptors (Lipinski definition) is 1. The first kappa shape index (κ1) is 14.3. The molecule has 3 heteroatoms. The fraction of sp³-hybridized carbons (Fsp3) is 0.875. The van der Waals surface area contributed by atoms with Crippen LogP contribution in [-0.4, -0.2) is 32.1 Å². The summed E-state index contributed by atoms with van der Waals surface area (Å²) in [6.07, 6.45) is 2.01. The molecule has 2 N–H and O–H groups in total. The number of nitrogens with two attached hydrogens (primary N) is 1. The molecule has 0 saturated heterocycles. The summed E-state index contributed by atoms with van der Waals surface area (Å²) in [5, 5.41) is 0.0642. The summed E-state index contributed by atoms with van der Waals surface area (Å²) in [5.41, 5.74) is 6.13. The second-order valence-corrected chi connectivity index (χ2v) is 9.91. The zero-order valence-corrected chi connectivity index (χ0v) is 8.70. The van der Waals surface area contributed by atoms with Crippen LogP contribution in [0.4, 0.5) is 0 Å². The third kappa shape index (κ3) is 4.37. The van der Waals surface area contributed by atoms with Gasteiger partial charge in [0.1, 0.15) is 0 Å². The third-order valence-electron chi connectivity index (χ3n) is 2.41. The van der Waals surface area contributed by atoms with Gasteiger partial charge < -0.3 is 5.73 Å². The SMILES string of the molecule is [CH2]CCC(C)(N)[Si](C)(C)C.[LiH]. The molecule has 1 unspecified atom stereocenters. The van der Waals surface area contributed by atoms with Gasteiger partial charge in [-0.1, -0.05) is 33.0 Å². The first-order valence-electron chi connectivity index (χ1n) is 3.89. The van der Waals surface area contributed by atoms with Crippen LogP contribution in [0.1, 0.15) is 19.8 Å². The molecule has 0 rings (SSSR count). The van der Waals surface area contributed by atoms with Crippen molar-refractivity contribution in [1.29, 1.82) is 0 Å². The maximum atomic E-state index is 6.13. The Kier molecular flexibility index (Phi) is 6.13. The Morgan fingerprint density at radius 2 is 1.73 bits per heavy atom. The van der Waals surface area contributed by atoms with Gasteiger partial charge in [-0.05, 0) is 13.3 Å². The molecule has 0 aromatic carbocycles. The van der Waals surface area contributed by atoms with Gasteiger partial charge in [0.2, 0.25) is 0 Å². The predicted octanol–water partition coefficient (Wildman–Crippen LogP) is 1.55. The van der Waals surface area contributed by atoms with E-state index in [1.165, 1.54) is 0 Å². The second kappa shape index (κ2) is 4.72. The van der Waals surface area contributed by atoms with Crippen LogP contribution in [-0.2, 0) is 0 Å². The van der Waals surface area contributed by atoms with Crippen molar-refractivity contribution < 1.29 is 0 Å². The Morgan fingerprint density at radius 1 is 1.36 bits per heavy atom. The Balaban J connectivity index is 0. The Labute approximate surface area is 84.3 Å². The van der Waals surface area contributed by atoms with E-state index in [4.69, 9.17) is 5.73 Å². The van der Waals surface area contributed by atoms with Crippen molar-refractivity contribution in [2.24, 2.45) is 5.73 Å². The molecule has 0 aliphatic carbocycles. The van der Waals surface area contributed by atoms with E-state index in [1.807, 2.05) is 0 Å². The van der Waals surface area contributed by atoms with Crippen LogP contribution in [0.15, 0.2) is 0 Å². The molecule has 0 fully saturated rings. The van der Waals surface area contributed by atoms with Crippen LogP contribution < -0.4 is 5.73 Å². The number of hydrogen-bond donors (Lipinski definition) is 1. The molecular formula is C8H21LiNSi. The molecular weight excluding hydrogens is 145 g/mol. The van der Waals surface area contributed by atoms with Gasteiger partial charge >= 0.3 is 18.9 Å². The van der Waals surface area contributed by atoms with E-state index in [0.717, 1.165) is 12.8 Å². The van der Waals surface area contributed by atoms with Crippen molar-refractivity contribution in [3.8, 4) is 0 Å². The molecule has 63 valence electrons. The topological polar surface area (TPSA) is 26.0 Å². The predicted molar refractivity (Wildman–Crippen MR) is 57.7 cm³/mol. The summed E-state index contributed by atoms with van der Waals surface area (Å²) in [7, 11) is -1.17. The molecule has 0 aromatic heterocycles.